The van der Waals surface area contributed by atoms with Crippen LogP contribution in [0.25, 0.3) is 0 Å². The Kier molecular flexibility index (Phi) is 3.02. The van der Waals surface area contributed by atoms with Gasteiger partial charge in [0.15, 0.2) is 0 Å². The van der Waals surface area contributed by atoms with Crippen molar-refractivity contribution in [3.8, 4) is 6.07 Å². The Labute approximate surface area is 77.6 Å². The molecule has 4 heteroatoms. The molecule has 1 aromatic rings. The molecule has 0 fully saturated rings. The molecule has 0 amide bonds. The number of nitriles is 1. The monoisotopic (exact) mass is 179 g/mol. The maximum absolute atomic E-state index is 8.60. The molecule has 1 heterocycles. The van der Waals surface area contributed by atoms with E-state index in [1.54, 1.807) is 6.92 Å². The van der Waals surface area contributed by atoms with Crippen molar-refractivity contribution >= 4 is 0 Å². The Bertz CT molecular complexity index is 311. The van der Waals surface area contributed by atoms with Gasteiger partial charge in [0.25, 0.3) is 0 Å². The zero-order valence-corrected chi connectivity index (χ0v) is 8.11. The molecule has 0 aromatic carbocycles. The average molecular weight is 179 g/mol. The van der Waals surface area contributed by atoms with Gasteiger partial charge in [-0.25, -0.2) is 0 Å². The molecular formula is C9H13N3O. The van der Waals surface area contributed by atoms with Crippen molar-refractivity contribution < 1.29 is 4.42 Å². The Hall–Kier alpha value is -1.37. The van der Waals surface area contributed by atoms with Gasteiger partial charge in [-0.2, -0.15) is 5.26 Å². The van der Waals surface area contributed by atoms with Crippen molar-refractivity contribution in [2.24, 2.45) is 5.92 Å². The second-order valence-corrected chi connectivity index (χ2v) is 3.48. The minimum absolute atomic E-state index is 0.312. The molecule has 0 spiro atoms. The summed E-state index contributed by atoms with van der Waals surface area (Å²) in [7, 11) is 0. The van der Waals surface area contributed by atoms with E-state index in [2.05, 4.69) is 30.1 Å². The largest absolute Gasteiger partial charge is 0.424 e. The molecule has 1 rings (SSSR count). The zero-order chi connectivity index (χ0) is 9.84. The first-order chi connectivity index (χ1) is 6.13. The van der Waals surface area contributed by atoms with Crippen LogP contribution >= 0.6 is 0 Å². The van der Waals surface area contributed by atoms with Crippen LogP contribution in [0.3, 0.4) is 0 Å². The van der Waals surface area contributed by atoms with E-state index in [0.29, 0.717) is 17.7 Å². The van der Waals surface area contributed by atoms with Gasteiger partial charge in [-0.15, -0.1) is 10.2 Å². The molecule has 13 heavy (non-hydrogen) atoms. The standard InChI is InChI=1S/C9H13N3O/c1-6(2)4-8-11-12-9(13-8)7(3)5-10/h6-7H,4H2,1-3H3. The lowest BCUT2D eigenvalue weighted by Gasteiger charge is -1.97. The molecule has 0 saturated carbocycles. The first-order valence-electron chi connectivity index (χ1n) is 4.35. The summed E-state index contributed by atoms with van der Waals surface area (Å²) in [5.41, 5.74) is 0. The first kappa shape index (κ1) is 9.72. The Morgan fingerprint density at radius 1 is 1.38 bits per heavy atom. The van der Waals surface area contributed by atoms with E-state index >= 15 is 0 Å². The Morgan fingerprint density at radius 2 is 2.08 bits per heavy atom. The van der Waals surface area contributed by atoms with Gasteiger partial charge in [-0.3, -0.25) is 0 Å². The van der Waals surface area contributed by atoms with Crippen molar-refractivity contribution in [1.82, 2.24) is 10.2 Å². The minimum Gasteiger partial charge on any atom is -0.424 e. The van der Waals surface area contributed by atoms with Crippen molar-refractivity contribution in [3.63, 3.8) is 0 Å². The molecule has 0 bridgehead atoms. The summed E-state index contributed by atoms with van der Waals surface area (Å²) in [6.45, 7) is 5.90. The zero-order valence-electron chi connectivity index (χ0n) is 8.11. The fraction of sp³-hybridized carbons (Fsp3) is 0.667. The lowest BCUT2D eigenvalue weighted by Crippen LogP contribution is -1.93. The van der Waals surface area contributed by atoms with E-state index in [1.807, 2.05) is 0 Å². The summed E-state index contributed by atoms with van der Waals surface area (Å²) in [4.78, 5) is 0. The fourth-order valence-electron chi connectivity index (χ4n) is 0.929. The third kappa shape index (κ3) is 2.55. The second-order valence-electron chi connectivity index (χ2n) is 3.48. The minimum atomic E-state index is -0.312. The topological polar surface area (TPSA) is 62.7 Å². The van der Waals surface area contributed by atoms with Crippen molar-refractivity contribution in [2.45, 2.75) is 33.1 Å². The third-order valence-corrected chi connectivity index (χ3v) is 1.63. The summed E-state index contributed by atoms with van der Waals surface area (Å²) in [6, 6.07) is 2.05. The van der Waals surface area contributed by atoms with Crippen molar-refractivity contribution in [1.29, 1.82) is 5.26 Å². The van der Waals surface area contributed by atoms with E-state index in [4.69, 9.17) is 9.68 Å². The molecule has 0 aliphatic rings. The predicted molar refractivity (Wildman–Crippen MR) is 46.9 cm³/mol. The molecule has 0 saturated heterocycles. The summed E-state index contributed by atoms with van der Waals surface area (Å²) >= 11 is 0. The van der Waals surface area contributed by atoms with Gasteiger partial charge in [-0.05, 0) is 12.8 Å². The van der Waals surface area contributed by atoms with Gasteiger partial charge < -0.3 is 4.42 Å². The number of hydrogen-bond donors (Lipinski definition) is 0. The highest BCUT2D eigenvalue weighted by molar-refractivity contribution is 5.01. The highest BCUT2D eigenvalue weighted by Crippen LogP contribution is 2.13. The smallest absolute Gasteiger partial charge is 0.233 e. The van der Waals surface area contributed by atoms with Crippen LogP contribution in [0.15, 0.2) is 4.42 Å². The lowest BCUT2D eigenvalue weighted by molar-refractivity contribution is 0.420. The fourth-order valence-corrected chi connectivity index (χ4v) is 0.929. The predicted octanol–water partition coefficient (Wildman–Crippen LogP) is 1.90. The number of nitrogens with zero attached hydrogens (tertiary/aromatic N) is 3. The van der Waals surface area contributed by atoms with Crippen LogP contribution in [0.2, 0.25) is 0 Å². The third-order valence-electron chi connectivity index (χ3n) is 1.63. The molecule has 0 N–H and O–H groups in total. The van der Waals surface area contributed by atoms with Gasteiger partial charge in [0.05, 0.1) is 6.07 Å². The van der Waals surface area contributed by atoms with Gasteiger partial charge in [-0.1, -0.05) is 13.8 Å². The van der Waals surface area contributed by atoms with Crippen LogP contribution < -0.4 is 0 Å². The van der Waals surface area contributed by atoms with Crippen LogP contribution in [0, 0.1) is 17.2 Å². The van der Waals surface area contributed by atoms with Gasteiger partial charge >= 0.3 is 0 Å². The number of hydrogen-bond acceptors (Lipinski definition) is 4. The van der Waals surface area contributed by atoms with Crippen molar-refractivity contribution in [2.75, 3.05) is 0 Å². The molecular weight excluding hydrogens is 166 g/mol. The first-order valence-corrected chi connectivity index (χ1v) is 4.35. The molecule has 1 atom stereocenters. The van der Waals surface area contributed by atoms with Crippen LogP contribution in [-0.4, -0.2) is 10.2 Å². The summed E-state index contributed by atoms with van der Waals surface area (Å²) in [6.07, 6.45) is 0.769. The van der Waals surface area contributed by atoms with Crippen LogP contribution in [0.1, 0.15) is 38.5 Å². The van der Waals surface area contributed by atoms with E-state index in [0.717, 1.165) is 6.42 Å². The van der Waals surface area contributed by atoms with E-state index in [-0.39, 0.29) is 5.92 Å². The van der Waals surface area contributed by atoms with Gasteiger partial charge in [0, 0.05) is 6.42 Å². The maximum Gasteiger partial charge on any atom is 0.233 e. The molecule has 4 nitrogen and oxygen atoms in total. The van der Waals surface area contributed by atoms with E-state index < -0.39 is 0 Å². The Balaban J connectivity index is 2.70. The molecule has 1 unspecified atom stereocenters. The highest BCUT2D eigenvalue weighted by atomic mass is 16.4. The molecule has 0 radical (unpaired) electrons. The van der Waals surface area contributed by atoms with Crippen molar-refractivity contribution in [3.05, 3.63) is 11.8 Å². The summed E-state index contributed by atoms with van der Waals surface area (Å²) < 4.78 is 5.30. The normalized spacial score (nSPS) is 12.8. The molecule has 0 aliphatic carbocycles. The highest BCUT2D eigenvalue weighted by Gasteiger charge is 2.13. The Morgan fingerprint density at radius 3 is 2.62 bits per heavy atom. The van der Waals surface area contributed by atoms with E-state index in [1.165, 1.54) is 0 Å². The number of aromatic nitrogens is 2. The van der Waals surface area contributed by atoms with Gasteiger partial charge in [0.1, 0.15) is 5.92 Å². The molecule has 70 valence electrons. The molecule has 1 aromatic heterocycles. The number of rotatable bonds is 3. The average Bonchev–Trinajstić information content (AvgIpc) is 2.50. The van der Waals surface area contributed by atoms with Crippen LogP contribution in [0.4, 0.5) is 0 Å². The molecule has 0 aliphatic heterocycles. The lowest BCUT2D eigenvalue weighted by atomic mass is 10.1. The van der Waals surface area contributed by atoms with E-state index in [9.17, 15) is 0 Å². The summed E-state index contributed by atoms with van der Waals surface area (Å²) in [5, 5.41) is 16.3. The second kappa shape index (κ2) is 4.04. The van der Waals surface area contributed by atoms with Gasteiger partial charge in [0.2, 0.25) is 11.8 Å². The SMILES string of the molecule is CC(C)Cc1nnc(C(C)C#N)o1. The maximum atomic E-state index is 8.60. The quantitative estimate of drug-likeness (QED) is 0.710. The van der Waals surface area contributed by atoms with Crippen LogP contribution in [-0.2, 0) is 6.42 Å². The summed E-state index contributed by atoms with van der Waals surface area (Å²) in [5.74, 6) is 1.21. The van der Waals surface area contributed by atoms with Crippen LogP contribution in [0.5, 0.6) is 0 Å².